The van der Waals surface area contributed by atoms with Crippen molar-refractivity contribution in [2.24, 2.45) is 0 Å². The quantitative estimate of drug-likeness (QED) is 0.853. The molecule has 1 heterocycles. The molecule has 1 aromatic carbocycles. The summed E-state index contributed by atoms with van der Waals surface area (Å²) < 4.78 is 5.23. The number of ether oxygens (including phenoxy) is 1. The summed E-state index contributed by atoms with van der Waals surface area (Å²) in [5.41, 5.74) is 1.58. The van der Waals surface area contributed by atoms with Gasteiger partial charge in [0.2, 0.25) is 0 Å². The fraction of sp³-hybridized carbons (Fsp3) is 0.333. The molecule has 2 rings (SSSR count). The molecule has 1 N–H and O–H groups in total. The summed E-state index contributed by atoms with van der Waals surface area (Å²) in [5.74, 6) is -0.291. The highest BCUT2D eigenvalue weighted by Crippen LogP contribution is 2.14. The first-order chi connectivity index (χ1) is 9.58. The molecule has 1 aliphatic rings. The van der Waals surface area contributed by atoms with E-state index in [1.807, 2.05) is 0 Å². The van der Waals surface area contributed by atoms with E-state index in [9.17, 15) is 9.59 Å². The van der Waals surface area contributed by atoms with Crippen LogP contribution in [0.1, 0.15) is 17.3 Å². The van der Waals surface area contributed by atoms with Gasteiger partial charge in [-0.1, -0.05) is 12.6 Å². The predicted octanol–water partition coefficient (Wildman–Crippen LogP) is 1.67. The molecule has 1 aromatic rings. The third-order valence-corrected chi connectivity index (χ3v) is 3.05. The lowest BCUT2D eigenvalue weighted by Crippen LogP contribution is -2.40. The maximum atomic E-state index is 12.3. The molecule has 5 heteroatoms. The van der Waals surface area contributed by atoms with Crippen LogP contribution < -0.4 is 5.32 Å². The van der Waals surface area contributed by atoms with Gasteiger partial charge >= 0.3 is 0 Å². The first-order valence-corrected chi connectivity index (χ1v) is 6.52. The number of anilines is 1. The fourth-order valence-corrected chi connectivity index (χ4v) is 1.92. The van der Waals surface area contributed by atoms with Gasteiger partial charge in [0.05, 0.1) is 13.2 Å². The van der Waals surface area contributed by atoms with E-state index in [1.165, 1.54) is 0 Å². The van der Waals surface area contributed by atoms with Gasteiger partial charge in [0.25, 0.3) is 11.8 Å². The summed E-state index contributed by atoms with van der Waals surface area (Å²) in [6, 6.07) is 6.92. The molecule has 106 valence electrons. The molecule has 0 aromatic heterocycles. The van der Waals surface area contributed by atoms with Crippen LogP contribution in [-0.2, 0) is 9.53 Å². The summed E-state index contributed by atoms with van der Waals surface area (Å²) in [7, 11) is 0. The monoisotopic (exact) mass is 274 g/mol. The van der Waals surface area contributed by atoms with Crippen LogP contribution in [0.3, 0.4) is 0 Å². The molecule has 5 nitrogen and oxygen atoms in total. The van der Waals surface area contributed by atoms with Crippen molar-refractivity contribution < 1.29 is 14.3 Å². The van der Waals surface area contributed by atoms with Crippen LogP contribution in [0.5, 0.6) is 0 Å². The Labute approximate surface area is 118 Å². The largest absolute Gasteiger partial charge is 0.378 e. The molecule has 1 saturated heterocycles. The third-order valence-electron chi connectivity index (χ3n) is 3.05. The molecule has 20 heavy (non-hydrogen) atoms. The Bertz CT molecular complexity index is 534. The zero-order valence-corrected chi connectivity index (χ0v) is 11.5. The topological polar surface area (TPSA) is 58.6 Å². The highest BCUT2D eigenvalue weighted by Gasteiger charge is 2.18. The maximum absolute atomic E-state index is 12.3. The van der Waals surface area contributed by atoms with Gasteiger partial charge in [0.15, 0.2) is 0 Å². The molecular formula is C15H18N2O3. The van der Waals surface area contributed by atoms with Crippen LogP contribution in [0.25, 0.3) is 0 Å². The summed E-state index contributed by atoms with van der Waals surface area (Å²) in [5, 5.41) is 2.71. The van der Waals surface area contributed by atoms with E-state index in [0.717, 1.165) is 0 Å². The number of nitrogens with one attached hydrogen (secondary N) is 1. The minimum atomic E-state index is -0.249. The van der Waals surface area contributed by atoms with Crippen molar-refractivity contribution in [2.45, 2.75) is 6.92 Å². The molecule has 0 radical (unpaired) electrons. The van der Waals surface area contributed by atoms with Gasteiger partial charge in [0, 0.05) is 29.9 Å². The number of amides is 2. The Balaban J connectivity index is 2.10. The van der Waals surface area contributed by atoms with Gasteiger partial charge < -0.3 is 15.0 Å². The smallest absolute Gasteiger partial charge is 0.254 e. The van der Waals surface area contributed by atoms with Crippen molar-refractivity contribution >= 4 is 17.5 Å². The van der Waals surface area contributed by atoms with Gasteiger partial charge in [0.1, 0.15) is 0 Å². The first kappa shape index (κ1) is 14.3. The minimum Gasteiger partial charge on any atom is -0.378 e. The number of carbonyl (C=O) groups is 2. The van der Waals surface area contributed by atoms with Crippen molar-refractivity contribution in [3.05, 3.63) is 42.0 Å². The number of hydrogen-bond acceptors (Lipinski definition) is 3. The van der Waals surface area contributed by atoms with Crippen LogP contribution in [0.15, 0.2) is 36.4 Å². The molecule has 0 saturated carbocycles. The van der Waals surface area contributed by atoms with E-state index >= 15 is 0 Å². The second-order valence-corrected chi connectivity index (χ2v) is 4.72. The molecule has 0 aliphatic carbocycles. The average molecular weight is 274 g/mol. The maximum Gasteiger partial charge on any atom is 0.254 e. The number of nitrogens with zero attached hydrogens (tertiary/aromatic N) is 1. The summed E-state index contributed by atoms with van der Waals surface area (Å²) in [6.45, 7) is 7.55. The van der Waals surface area contributed by atoms with Gasteiger partial charge in [-0.05, 0) is 25.1 Å². The Morgan fingerprint density at radius 3 is 2.65 bits per heavy atom. The van der Waals surface area contributed by atoms with Crippen molar-refractivity contribution in [3.63, 3.8) is 0 Å². The van der Waals surface area contributed by atoms with E-state index in [0.29, 0.717) is 43.1 Å². The minimum absolute atomic E-state index is 0.0419. The molecule has 2 amide bonds. The normalized spacial score (nSPS) is 14.8. The van der Waals surface area contributed by atoms with Crippen molar-refractivity contribution in [2.75, 3.05) is 31.6 Å². The zero-order valence-electron chi connectivity index (χ0n) is 11.5. The van der Waals surface area contributed by atoms with E-state index in [-0.39, 0.29) is 11.8 Å². The Hall–Kier alpha value is -2.14. The van der Waals surface area contributed by atoms with Gasteiger partial charge in [-0.2, -0.15) is 0 Å². The van der Waals surface area contributed by atoms with Crippen molar-refractivity contribution in [1.82, 2.24) is 4.90 Å². The second kappa shape index (κ2) is 6.34. The van der Waals surface area contributed by atoms with Gasteiger partial charge in [-0.25, -0.2) is 0 Å². The molecule has 0 atom stereocenters. The lowest BCUT2D eigenvalue weighted by atomic mass is 10.1. The fourth-order valence-electron chi connectivity index (χ4n) is 1.92. The molecule has 1 aliphatic heterocycles. The van der Waals surface area contributed by atoms with Gasteiger partial charge in [-0.3, -0.25) is 9.59 Å². The van der Waals surface area contributed by atoms with E-state index in [2.05, 4.69) is 11.9 Å². The van der Waals surface area contributed by atoms with Crippen molar-refractivity contribution in [3.8, 4) is 0 Å². The lowest BCUT2D eigenvalue weighted by Gasteiger charge is -2.27. The molecule has 0 unspecified atom stereocenters. The standard InChI is InChI=1S/C15H18N2O3/c1-11(2)14(18)16-13-5-3-4-12(10-13)15(19)17-6-8-20-9-7-17/h3-5,10H,1,6-9H2,2H3,(H,16,18). The number of benzene rings is 1. The van der Waals surface area contributed by atoms with Crippen molar-refractivity contribution in [1.29, 1.82) is 0 Å². The summed E-state index contributed by atoms with van der Waals surface area (Å²) in [6.07, 6.45) is 0. The Morgan fingerprint density at radius 2 is 2.00 bits per heavy atom. The first-order valence-electron chi connectivity index (χ1n) is 6.52. The van der Waals surface area contributed by atoms with E-state index in [1.54, 1.807) is 36.1 Å². The van der Waals surface area contributed by atoms with Gasteiger partial charge in [-0.15, -0.1) is 0 Å². The SMILES string of the molecule is C=C(C)C(=O)Nc1cccc(C(=O)N2CCOCC2)c1. The van der Waals surface area contributed by atoms with Crippen LogP contribution in [0.4, 0.5) is 5.69 Å². The van der Waals surface area contributed by atoms with Crippen LogP contribution in [0, 0.1) is 0 Å². The number of hydrogen-bond donors (Lipinski definition) is 1. The molecule has 0 spiro atoms. The van der Waals surface area contributed by atoms with E-state index < -0.39 is 0 Å². The second-order valence-electron chi connectivity index (χ2n) is 4.72. The zero-order chi connectivity index (χ0) is 14.5. The average Bonchev–Trinajstić information content (AvgIpc) is 2.47. The Morgan fingerprint density at radius 1 is 1.30 bits per heavy atom. The molecule has 0 bridgehead atoms. The summed E-state index contributed by atoms with van der Waals surface area (Å²) >= 11 is 0. The highest BCUT2D eigenvalue weighted by atomic mass is 16.5. The molecular weight excluding hydrogens is 256 g/mol. The lowest BCUT2D eigenvalue weighted by molar-refractivity contribution is -0.112. The molecule has 1 fully saturated rings. The van der Waals surface area contributed by atoms with Crippen LogP contribution >= 0.6 is 0 Å². The summed E-state index contributed by atoms with van der Waals surface area (Å²) in [4.78, 5) is 25.6. The highest BCUT2D eigenvalue weighted by molar-refractivity contribution is 6.03. The Kier molecular flexibility index (Phi) is 4.53. The number of morpholine rings is 1. The predicted molar refractivity (Wildman–Crippen MR) is 76.6 cm³/mol. The van der Waals surface area contributed by atoms with Crippen LogP contribution in [-0.4, -0.2) is 43.0 Å². The number of carbonyl (C=O) groups excluding carboxylic acids is 2. The van der Waals surface area contributed by atoms with Crippen LogP contribution in [0.2, 0.25) is 0 Å². The third kappa shape index (κ3) is 3.45. The number of rotatable bonds is 3. The van der Waals surface area contributed by atoms with E-state index in [4.69, 9.17) is 4.74 Å².